The summed E-state index contributed by atoms with van der Waals surface area (Å²) in [6.07, 6.45) is -3.45. The Kier molecular flexibility index (Phi) is 6.95. The minimum Gasteiger partial charge on any atom is -0.475 e. The molecule has 0 unspecified atom stereocenters. The molecule has 0 aliphatic rings. The average molecular weight is 527 g/mol. The molecule has 0 aliphatic carbocycles. The summed E-state index contributed by atoms with van der Waals surface area (Å²) in [6.45, 7) is 0. The van der Waals surface area contributed by atoms with Crippen LogP contribution in [0.3, 0.4) is 0 Å². The molecule has 4 rings (SSSR count). The van der Waals surface area contributed by atoms with Gasteiger partial charge in [0.15, 0.2) is 0 Å². The number of aromatic amines is 2. The number of nitrogens with zero attached hydrogens (tertiary/aromatic N) is 4. The van der Waals surface area contributed by atoms with Gasteiger partial charge in [-0.1, -0.05) is 12.1 Å². The number of halogens is 3. The number of nitrogen functional groups attached to an aromatic ring is 1. The molecule has 0 aliphatic heterocycles. The van der Waals surface area contributed by atoms with Gasteiger partial charge in [-0.25, -0.2) is 17.5 Å². The number of sulfonamides is 1. The number of H-pyrrole nitrogens is 2. The predicted molar refractivity (Wildman–Crippen MR) is 123 cm³/mol. The minimum absolute atomic E-state index is 0.000666. The smallest absolute Gasteiger partial charge is 0.475 e. The van der Waals surface area contributed by atoms with Crippen LogP contribution in [-0.4, -0.2) is 68.8 Å². The Labute approximate surface area is 201 Å². The van der Waals surface area contributed by atoms with Crippen LogP contribution in [0.4, 0.5) is 19.1 Å². The molecular formula is C20H20F3N7O5S. The van der Waals surface area contributed by atoms with Gasteiger partial charge in [0.25, 0.3) is 5.56 Å². The van der Waals surface area contributed by atoms with Crippen LogP contribution in [0.15, 0.2) is 46.2 Å². The average Bonchev–Trinajstić information content (AvgIpc) is 3.36. The Morgan fingerprint density at radius 3 is 2.19 bits per heavy atom. The molecule has 0 saturated heterocycles. The van der Waals surface area contributed by atoms with E-state index in [1.807, 2.05) is 0 Å². The van der Waals surface area contributed by atoms with Gasteiger partial charge in [-0.15, -0.1) is 0 Å². The lowest BCUT2D eigenvalue weighted by Gasteiger charge is -2.12. The monoisotopic (exact) mass is 527 g/mol. The molecule has 1 aromatic carbocycles. The number of nitrogens with one attached hydrogen (secondary N) is 2. The number of aryl methyl sites for hydroxylation is 1. The number of anilines is 1. The van der Waals surface area contributed by atoms with E-state index in [0.717, 1.165) is 4.31 Å². The zero-order valence-electron chi connectivity index (χ0n) is 19.0. The zero-order chi connectivity index (χ0) is 27.0. The number of hydrogen-bond donors (Lipinski definition) is 4. The standard InChI is InChI=1S/C18H19N7O3S.C2HF3O2/c1-24(2)29(27,28)11-6-4-10(5-7-11)15-13(12-8-9-20-25(12)3)14-16(21-15)22-18(19)23-17(14)26;3-2(4,5)1(6)7/h4-9H,1-3H3,(H4,19,21,22,23,26);(H,6,7). The van der Waals surface area contributed by atoms with Crippen LogP contribution in [-0.2, 0) is 21.9 Å². The van der Waals surface area contributed by atoms with Crippen LogP contribution in [0.2, 0.25) is 0 Å². The maximum Gasteiger partial charge on any atom is 0.490 e. The summed E-state index contributed by atoms with van der Waals surface area (Å²) in [5.74, 6) is -2.76. The van der Waals surface area contributed by atoms with Crippen LogP contribution < -0.4 is 11.3 Å². The number of alkyl halides is 3. The molecule has 3 heterocycles. The summed E-state index contributed by atoms with van der Waals surface area (Å²) in [5, 5.41) is 11.7. The van der Waals surface area contributed by atoms with Crippen molar-refractivity contribution in [2.24, 2.45) is 7.05 Å². The first-order valence-corrected chi connectivity index (χ1v) is 11.3. The molecular weight excluding hydrogens is 507 g/mol. The first-order chi connectivity index (χ1) is 16.6. The van der Waals surface area contributed by atoms with Crippen molar-refractivity contribution in [2.45, 2.75) is 11.1 Å². The number of aromatic nitrogens is 5. The van der Waals surface area contributed by atoms with E-state index in [9.17, 15) is 26.4 Å². The van der Waals surface area contributed by atoms with Crippen molar-refractivity contribution in [3.63, 3.8) is 0 Å². The molecule has 16 heteroatoms. The number of nitrogens with two attached hydrogens (primary N) is 1. The quantitative estimate of drug-likeness (QED) is 0.310. The molecule has 0 bridgehead atoms. The lowest BCUT2D eigenvalue weighted by atomic mass is 10.0. The van der Waals surface area contributed by atoms with E-state index >= 15 is 0 Å². The lowest BCUT2D eigenvalue weighted by Crippen LogP contribution is -2.22. The Morgan fingerprint density at radius 1 is 1.14 bits per heavy atom. The van der Waals surface area contributed by atoms with Crippen LogP contribution in [0.25, 0.3) is 33.5 Å². The highest BCUT2D eigenvalue weighted by atomic mass is 32.2. The number of carboxylic acid groups (broad SMARTS) is 1. The molecule has 0 spiro atoms. The first-order valence-electron chi connectivity index (χ1n) is 9.87. The van der Waals surface area contributed by atoms with Gasteiger partial charge in [0.2, 0.25) is 16.0 Å². The summed E-state index contributed by atoms with van der Waals surface area (Å²) in [7, 11) is 1.17. The SMILES string of the molecule is CN(C)S(=O)(=O)c1ccc(-c2[nH]c3nc(N)[nH]c(=O)c3c2-c2ccnn2C)cc1.O=C(O)C(F)(F)F. The Bertz CT molecular complexity index is 1590. The number of benzene rings is 1. The summed E-state index contributed by atoms with van der Waals surface area (Å²) < 4.78 is 59.2. The van der Waals surface area contributed by atoms with E-state index < -0.39 is 22.2 Å². The van der Waals surface area contributed by atoms with Gasteiger partial charge < -0.3 is 15.8 Å². The second-order valence-corrected chi connectivity index (χ2v) is 9.66. The third-order valence-electron chi connectivity index (χ3n) is 4.92. The summed E-state index contributed by atoms with van der Waals surface area (Å²) in [5.41, 5.74) is 8.26. The molecule has 0 radical (unpaired) electrons. The van der Waals surface area contributed by atoms with Crippen molar-refractivity contribution in [2.75, 3.05) is 19.8 Å². The van der Waals surface area contributed by atoms with E-state index in [1.54, 1.807) is 36.1 Å². The Hall–Kier alpha value is -4.18. The number of aliphatic carboxylic acids is 1. The van der Waals surface area contributed by atoms with Crippen molar-refractivity contribution >= 4 is 33.0 Å². The van der Waals surface area contributed by atoms with Gasteiger partial charge in [-0.05, 0) is 23.8 Å². The molecule has 0 saturated carbocycles. The largest absolute Gasteiger partial charge is 0.490 e. The van der Waals surface area contributed by atoms with Crippen LogP contribution in [0.1, 0.15) is 0 Å². The number of carboxylic acids is 1. The molecule has 4 aromatic rings. The fraction of sp³-hybridized carbons (Fsp3) is 0.200. The molecule has 192 valence electrons. The molecule has 5 N–H and O–H groups in total. The van der Waals surface area contributed by atoms with Crippen molar-refractivity contribution in [1.82, 2.24) is 29.0 Å². The maximum atomic E-state index is 12.6. The van der Waals surface area contributed by atoms with E-state index in [2.05, 4.69) is 20.1 Å². The summed E-state index contributed by atoms with van der Waals surface area (Å²) in [6, 6.07) is 8.19. The normalized spacial score (nSPS) is 12.0. The zero-order valence-corrected chi connectivity index (χ0v) is 19.8. The summed E-state index contributed by atoms with van der Waals surface area (Å²) >= 11 is 0. The molecule has 0 atom stereocenters. The van der Waals surface area contributed by atoms with Gasteiger partial charge in [-0.3, -0.25) is 14.5 Å². The first kappa shape index (κ1) is 26.4. The number of hydrogen-bond acceptors (Lipinski definition) is 7. The fourth-order valence-corrected chi connectivity index (χ4v) is 4.12. The number of rotatable bonds is 4. The topological polar surface area (TPSA) is 180 Å². The number of carbonyl (C=O) groups is 1. The highest BCUT2D eigenvalue weighted by molar-refractivity contribution is 7.89. The van der Waals surface area contributed by atoms with Crippen molar-refractivity contribution in [3.8, 4) is 22.5 Å². The van der Waals surface area contributed by atoms with Gasteiger partial charge in [0, 0.05) is 32.9 Å². The third kappa shape index (κ3) is 5.08. The number of fused-ring (bicyclic) bond motifs is 1. The fourth-order valence-electron chi connectivity index (χ4n) is 3.22. The second kappa shape index (κ2) is 9.46. The Balaban J connectivity index is 0.000000454. The molecule has 12 nitrogen and oxygen atoms in total. The van der Waals surface area contributed by atoms with Crippen LogP contribution in [0, 0.1) is 0 Å². The van der Waals surface area contributed by atoms with E-state index in [-0.39, 0.29) is 16.4 Å². The van der Waals surface area contributed by atoms with Crippen LogP contribution >= 0.6 is 0 Å². The molecule has 0 amide bonds. The molecule has 3 aromatic heterocycles. The van der Waals surface area contributed by atoms with Crippen molar-refractivity contribution in [1.29, 1.82) is 0 Å². The van der Waals surface area contributed by atoms with Gasteiger partial charge in [0.05, 0.1) is 21.7 Å². The molecule has 36 heavy (non-hydrogen) atoms. The van der Waals surface area contributed by atoms with Gasteiger partial charge >= 0.3 is 12.1 Å². The Morgan fingerprint density at radius 2 is 1.72 bits per heavy atom. The lowest BCUT2D eigenvalue weighted by molar-refractivity contribution is -0.192. The van der Waals surface area contributed by atoms with E-state index in [0.29, 0.717) is 33.5 Å². The third-order valence-corrected chi connectivity index (χ3v) is 6.75. The van der Waals surface area contributed by atoms with E-state index in [1.165, 1.54) is 26.2 Å². The maximum absolute atomic E-state index is 12.6. The van der Waals surface area contributed by atoms with E-state index in [4.69, 9.17) is 15.6 Å². The van der Waals surface area contributed by atoms with Gasteiger partial charge in [-0.2, -0.15) is 23.3 Å². The minimum atomic E-state index is -5.08. The van der Waals surface area contributed by atoms with Crippen LogP contribution in [0.5, 0.6) is 0 Å². The molecule has 0 fully saturated rings. The second-order valence-electron chi connectivity index (χ2n) is 7.50. The van der Waals surface area contributed by atoms with Crippen molar-refractivity contribution in [3.05, 3.63) is 46.9 Å². The predicted octanol–water partition coefficient (Wildman–Crippen LogP) is 1.78. The highest BCUT2D eigenvalue weighted by Gasteiger charge is 2.38. The van der Waals surface area contributed by atoms with Crippen molar-refractivity contribution < 1.29 is 31.5 Å². The summed E-state index contributed by atoms with van der Waals surface area (Å²) in [4.78, 5) is 31.6. The highest BCUT2D eigenvalue weighted by Crippen LogP contribution is 2.36. The van der Waals surface area contributed by atoms with Gasteiger partial charge in [0.1, 0.15) is 5.65 Å².